The van der Waals surface area contributed by atoms with Crippen molar-refractivity contribution in [2.24, 2.45) is 0 Å². The van der Waals surface area contributed by atoms with E-state index in [1.165, 1.54) is 32.1 Å². The lowest BCUT2D eigenvalue weighted by Crippen LogP contribution is -2.33. The van der Waals surface area contributed by atoms with Crippen molar-refractivity contribution in [1.29, 1.82) is 0 Å². The minimum Gasteiger partial charge on any atom is -0.312 e. The molecular weight excluding hydrogens is 122 g/mol. The van der Waals surface area contributed by atoms with Crippen LogP contribution in [0.1, 0.15) is 46.0 Å². The van der Waals surface area contributed by atoms with E-state index in [4.69, 9.17) is 0 Å². The van der Waals surface area contributed by atoms with Crippen molar-refractivity contribution >= 4 is 0 Å². The second-order valence-electron chi connectivity index (χ2n) is 3.46. The molecule has 1 nitrogen and oxygen atoms in total. The molecule has 1 aliphatic heterocycles. The molecule has 1 saturated heterocycles. The second kappa shape index (κ2) is 3.97. The fraction of sp³-hybridized carbons (Fsp3) is 1.00. The summed E-state index contributed by atoms with van der Waals surface area (Å²) in [5.74, 6) is 0. The van der Waals surface area contributed by atoms with Gasteiger partial charge in [-0.15, -0.1) is 0 Å². The van der Waals surface area contributed by atoms with Crippen molar-refractivity contribution in [2.45, 2.75) is 58.0 Å². The van der Waals surface area contributed by atoms with E-state index < -0.39 is 0 Å². The van der Waals surface area contributed by atoms with Crippen LogP contribution < -0.4 is 5.32 Å². The summed E-state index contributed by atoms with van der Waals surface area (Å²) < 4.78 is 0. The van der Waals surface area contributed by atoms with E-state index in [9.17, 15) is 0 Å². The van der Waals surface area contributed by atoms with E-state index in [0.29, 0.717) is 0 Å². The highest BCUT2D eigenvalue weighted by atomic mass is 14.9. The lowest BCUT2D eigenvalue weighted by atomic mass is 10.1. The third-order valence-electron chi connectivity index (χ3n) is 2.45. The molecule has 1 heteroatoms. The third kappa shape index (κ3) is 2.30. The molecule has 10 heavy (non-hydrogen) atoms. The minimum atomic E-state index is 0.757. The molecular formula is C9H19N. The minimum absolute atomic E-state index is 0.757. The van der Waals surface area contributed by atoms with Crippen LogP contribution in [0.4, 0.5) is 0 Å². The zero-order valence-corrected chi connectivity index (χ0v) is 7.19. The maximum Gasteiger partial charge on any atom is 0.00669 e. The smallest absolute Gasteiger partial charge is 0.00669 e. The topological polar surface area (TPSA) is 12.0 Å². The first-order valence-electron chi connectivity index (χ1n) is 4.59. The lowest BCUT2D eigenvalue weighted by Gasteiger charge is -2.17. The van der Waals surface area contributed by atoms with E-state index in [-0.39, 0.29) is 0 Å². The summed E-state index contributed by atoms with van der Waals surface area (Å²) in [5.41, 5.74) is 0. The van der Waals surface area contributed by atoms with Crippen LogP contribution in [-0.2, 0) is 0 Å². The molecule has 2 atom stereocenters. The Morgan fingerprint density at radius 1 is 1.30 bits per heavy atom. The van der Waals surface area contributed by atoms with Gasteiger partial charge < -0.3 is 5.32 Å². The standard InChI is InChI=1S/C9H19N/c1-3-9-7-5-4-6-8(2)10-9/h8-10H,3-7H2,1-2H3/t8-,9-/m0/s1. The molecule has 0 aromatic rings. The van der Waals surface area contributed by atoms with Crippen LogP contribution in [-0.4, -0.2) is 12.1 Å². The Labute approximate surface area is 64.2 Å². The molecule has 0 spiro atoms. The molecule has 0 amide bonds. The van der Waals surface area contributed by atoms with Crippen molar-refractivity contribution in [3.8, 4) is 0 Å². The molecule has 1 heterocycles. The molecule has 1 N–H and O–H groups in total. The largest absolute Gasteiger partial charge is 0.312 e. The fourth-order valence-electron chi connectivity index (χ4n) is 1.73. The highest BCUT2D eigenvalue weighted by molar-refractivity contribution is 4.74. The van der Waals surface area contributed by atoms with Gasteiger partial charge in [-0.25, -0.2) is 0 Å². The number of hydrogen-bond acceptors (Lipinski definition) is 1. The summed E-state index contributed by atoms with van der Waals surface area (Å²) in [6.07, 6.45) is 6.90. The van der Waals surface area contributed by atoms with Crippen LogP contribution in [0.5, 0.6) is 0 Å². The highest BCUT2D eigenvalue weighted by Crippen LogP contribution is 2.13. The van der Waals surface area contributed by atoms with Crippen LogP contribution in [0.15, 0.2) is 0 Å². The Balaban J connectivity index is 2.30. The highest BCUT2D eigenvalue weighted by Gasteiger charge is 2.13. The van der Waals surface area contributed by atoms with Crippen molar-refractivity contribution in [1.82, 2.24) is 5.32 Å². The molecule has 1 fully saturated rings. The van der Waals surface area contributed by atoms with Gasteiger partial charge in [0, 0.05) is 12.1 Å². The molecule has 60 valence electrons. The predicted molar refractivity (Wildman–Crippen MR) is 45.1 cm³/mol. The molecule has 1 aliphatic rings. The molecule has 0 radical (unpaired) electrons. The molecule has 0 unspecified atom stereocenters. The summed E-state index contributed by atoms with van der Waals surface area (Å²) in [5, 5.41) is 3.63. The van der Waals surface area contributed by atoms with Gasteiger partial charge in [-0.1, -0.05) is 19.8 Å². The maximum atomic E-state index is 3.63. The van der Waals surface area contributed by atoms with E-state index in [0.717, 1.165) is 12.1 Å². The Kier molecular flexibility index (Phi) is 3.20. The van der Waals surface area contributed by atoms with Gasteiger partial charge in [-0.2, -0.15) is 0 Å². The molecule has 1 rings (SSSR count). The predicted octanol–water partition coefficient (Wildman–Crippen LogP) is 2.32. The zero-order valence-electron chi connectivity index (χ0n) is 7.19. The van der Waals surface area contributed by atoms with E-state index in [2.05, 4.69) is 19.2 Å². The average molecular weight is 141 g/mol. The summed E-state index contributed by atoms with van der Waals surface area (Å²) in [6.45, 7) is 4.57. The first kappa shape index (κ1) is 8.06. The summed E-state index contributed by atoms with van der Waals surface area (Å²) in [6, 6.07) is 1.56. The summed E-state index contributed by atoms with van der Waals surface area (Å²) in [7, 11) is 0. The first-order chi connectivity index (χ1) is 4.83. The Hall–Kier alpha value is -0.0400. The summed E-state index contributed by atoms with van der Waals surface area (Å²) in [4.78, 5) is 0. The zero-order chi connectivity index (χ0) is 7.40. The van der Waals surface area contributed by atoms with Gasteiger partial charge in [-0.3, -0.25) is 0 Å². The molecule has 0 aliphatic carbocycles. The lowest BCUT2D eigenvalue weighted by molar-refractivity contribution is 0.439. The van der Waals surface area contributed by atoms with Crippen molar-refractivity contribution in [3.63, 3.8) is 0 Å². The Morgan fingerprint density at radius 3 is 2.70 bits per heavy atom. The van der Waals surface area contributed by atoms with E-state index in [1.807, 2.05) is 0 Å². The molecule has 0 aromatic heterocycles. The fourth-order valence-corrected chi connectivity index (χ4v) is 1.73. The van der Waals surface area contributed by atoms with Crippen molar-refractivity contribution < 1.29 is 0 Å². The monoisotopic (exact) mass is 141 g/mol. The van der Waals surface area contributed by atoms with Crippen LogP contribution in [0, 0.1) is 0 Å². The van der Waals surface area contributed by atoms with Gasteiger partial charge in [-0.05, 0) is 26.2 Å². The van der Waals surface area contributed by atoms with E-state index >= 15 is 0 Å². The van der Waals surface area contributed by atoms with Crippen LogP contribution in [0.3, 0.4) is 0 Å². The second-order valence-corrected chi connectivity index (χ2v) is 3.46. The number of hydrogen-bond donors (Lipinski definition) is 1. The number of nitrogens with one attached hydrogen (secondary N) is 1. The maximum absolute atomic E-state index is 3.63. The first-order valence-corrected chi connectivity index (χ1v) is 4.59. The SMILES string of the molecule is CC[C@H]1CCCC[C@H](C)N1. The molecule has 0 saturated carbocycles. The van der Waals surface area contributed by atoms with E-state index in [1.54, 1.807) is 0 Å². The molecule has 0 aromatic carbocycles. The van der Waals surface area contributed by atoms with Gasteiger partial charge in [0.15, 0.2) is 0 Å². The van der Waals surface area contributed by atoms with Crippen molar-refractivity contribution in [2.75, 3.05) is 0 Å². The quantitative estimate of drug-likeness (QED) is 0.591. The third-order valence-corrected chi connectivity index (χ3v) is 2.45. The Bertz CT molecular complexity index is 90.7. The van der Waals surface area contributed by atoms with Gasteiger partial charge in [0.25, 0.3) is 0 Å². The van der Waals surface area contributed by atoms with Gasteiger partial charge in [0.05, 0.1) is 0 Å². The van der Waals surface area contributed by atoms with Gasteiger partial charge in [0.2, 0.25) is 0 Å². The van der Waals surface area contributed by atoms with Crippen molar-refractivity contribution in [3.05, 3.63) is 0 Å². The molecule has 0 bridgehead atoms. The number of rotatable bonds is 1. The average Bonchev–Trinajstić information content (AvgIpc) is 2.13. The summed E-state index contributed by atoms with van der Waals surface area (Å²) >= 11 is 0. The van der Waals surface area contributed by atoms with Crippen LogP contribution in [0.25, 0.3) is 0 Å². The normalized spacial score (nSPS) is 35.4. The van der Waals surface area contributed by atoms with Gasteiger partial charge >= 0.3 is 0 Å². The van der Waals surface area contributed by atoms with Crippen LogP contribution in [0.2, 0.25) is 0 Å². The van der Waals surface area contributed by atoms with Gasteiger partial charge in [0.1, 0.15) is 0 Å². The van der Waals surface area contributed by atoms with Crippen LogP contribution >= 0.6 is 0 Å². The Morgan fingerprint density at radius 2 is 2.00 bits per heavy atom.